The van der Waals surface area contributed by atoms with Gasteiger partial charge < -0.3 is 24.6 Å². The van der Waals surface area contributed by atoms with E-state index in [1.54, 1.807) is 6.33 Å². The van der Waals surface area contributed by atoms with Gasteiger partial charge in [0, 0.05) is 61.0 Å². The second-order valence-electron chi connectivity index (χ2n) is 11.9. The van der Waals surface area contributed by atoms with Gasteiger partial charge >= 0.3 is 0 Å². The first-order chi connectivity index (χ1) is 20.3. The molecule has 3 aromatic carbocycles. The summed E-state index contributed by atoms with van der Waals surface area (Å²) in [7, 11) is 2.10. The van der Waals surface area contributed by atoms with Gasteiger partial charge in [0.1, 0.15) is 29.4 Å². The average Bonchev–Trinajstić information content (AvgIpc) is 3.13. The molecule has 0 radical (unpaired) electrons. The van der Waals surface area contributed by atoms with Crippen molar-refractivity contribution in [3.8, 4) is 17.2 Å². The first-order valence-corrected chi connectivity index (χ1v) is 15.1. The van der Waals surface area contributed by atoms with Crippen molar-refractivity contribution in [1.82, 2.24) is 9.97 Å². The van der Waals surface area contributed by atoms with Crippen LogP contribution in [-0.4, -0.2) is 36.7 Å². The van der Waals surface area contributed by atoms with Crippen LogP contribution in [-0.2, 0) is 0 Å². The topological polar surface area (TPSA) is 62.8 Å². The molecule has 0 bridgehead atoms. The van der Waals surface area contributed by atoms with Gasteiger partial charge in [-0.1, -0.05) is 27.2 Å². The third kappa shape index (κ3) is 5.48. The Kier molecular flexibility index (Phi) is 7.67. The lowest BCUT2D eigenvalue weighted by Gasteiger charge is -2.29. The van der Waals surface area contributed by atoms with Crippen molar-refractivity contribution in [2.45, 2.75) is 53.4 Å². The average molecular weight is 564 g/mol. The Morgan fingerprint density at radius 3 is 2.69 bits per heavy atom. The third-order valence-electron chi connectivity index (χ3n) is 8.49. The zero-order valence-electron chi connectivity index (χ0n) is 25.6. The van der Waals surface area contributed by atoms with Gasteiger partial charge in [0.05, 0.1) is 17.8 Å². The number of unbranched alkanes of at least 4 members (excludes halogenated alkanes) is 1. The van der Waals surface area contributed by atoms with Crippen LogP contribution in [0.3, 0.4) is 0 Å². The number of allylic oxidation sites excluding steroid dienone is 1. The minimum absolute atomic E-state index is 0.360. The molecule has 2 unspecified atom stereocenters. The van der Waals surface area contributed by atoms with Gasteiger partial charge in [-0.25, -0.2) is 9.97 Å². The summed E-state index contributed by atoms with van der Waals surface area (Å²) in [5, 5.41) is 4.52. The highest BCUT2D eigenvalue weighted by Crippen LogP contribution is 2.41. The fourth-order valence-electron chi connectivity index (χ4n) is 5.96. The quantitative estimate of drug-likeness (QED) is 0.242. The van der Waals surface area contributed by atoms with Crippen molar-refractivity contribution in [3.63, 3.8) is 0 Å². The Bertz CT molecular complexity index is 1650. The van der Waals surface area contributed by atoms with Gasteiger partial charge in [-0.3, -0.25) is 0 Å². The van der Waals surface area contributed by atoms with E-state index in [0.717, 1.165) is 76.8 Å². The van der Waals surface area contributed by atoms with E-state index in [1.807, 2.05) is 18.2 Å². The lowest BCUT2D eigenvalue weighted by Crippen LogP contribution is -2.29. The van der Waals surface area contributed by atoms with E-state index in [1.165, 1.54) is 16.8 Å². The maximum absolute atomic E-state index is 6.39. The summed E-state index contributed by atoms with van der Waals surface area (Å²) >= 11 is 0. The van der Waals surface area contributed by atoms with E-state index in [-0.39, 0.29) is 0 Å². The van der Waals surface area contributed by atoms with E-state index < -0.39 is 0 Å². The van der Waals surface area contributed by atoms with Crippen LogP contribution >= 0.6 is 0 Å². The number of rotatable bonds is 7. The van der Waals surface area contributed by atoms with Gasteiger partial charge in [0.2, 0.25) is 0 Å². The Morgan fingerprint density at radius 2 is 1.88 bits per heavy atom. The molecule has 42 heavy (non-hydrogen) atoms. The molecule has 2 aliphatic heterocycles. The van der Waals surface area contributed by atoms with Crippen LogP contribution in [0.4, 0.5) is 22.9 Å². The molecule has 0 saturated carbocycles. The summed E-state index contributed by atoms with van der Waals surface area (Å²) < 4.78 is 12.6. The minimum atomic E-state index is 0.360. The molecular weight excluding hydrogens is 522 g/mol. The fourth-order valence-corrected chi connectivity index (χ4v) is 5.96. The highest BCUT2D eigenvalue weighted by Gasteiger charge is 2.23. The number of anilines is 4. The van der Waals surface area contributed by atoms with Crippen LogP contribution in [0.15, 0.2) is 66.6 Å². The van der Waals surface area contributed by atoms with Gasteiger partial charge in [0.25, 0.3) is 0 Å². The summed E-state index contributed by atoms with van der Waals surface area (Å²) in [6.07, 6.45) is 6.12. The maximum Gasteiger partial charge on any atom is 0.144 e. The maximum atomic E-state index is 6.39. The molecule has 0 saturated heterocycles. The molecule has 2 aliphatic rings. The monoisotopic (exact) mass is 563 g/mol. The summed E-state index contributed by atoms with van der Waals surface area (Å²) in [6.45, 7) is 13.7. The lowest BCUT2D eigenvalue weighted by molar-refractivity contribution is 0.274. The summed E-state index contributed by atoms with van der Waals surface area (Å²) in [4.78, 5) is 13.9. The van der Waals surface area contributed by atoms with Crippen molar-refractivity contribution in [3.05, 3.63) is 77.8 Å². The molecule has 7 heteroatoms. The molecule has 0 spiro atoms. The normalized spacial score (nSPS) is 18.1. The van der Waals surface area contributed by atoms with Gasteiger partial charge in [-0.15, -0.1) is 0 Å². The Morgan fingerprint density at radius 1 is 1.02 bits per heavy atom. The standard InChI is InChI=1S/C35H41N5O2/c1-7-8-13-40-18-22(2)20-41-34-17-30-29(16-32(34)40)35(37-21-36-30)38-26-9-12-33(23(3)14-26)42-27-10-11-31-28(15-27)25(5)24(4)19-39(31)6/h9-12,14-17,19,21-22,25H,7-8,13,18,20H2,1-6H3,(H,36,37,38). The molecule has 1 N–H and O–H groups in total. The van der Waals surface area contributed by atoms with Crippen molar-refractivity contribution in [2.24, 2.45) is 5.92 Å². The number of hydrogen-bond donors (Lipinski definition) is 1. The molecule has 7 nitrogen and oxygen atoms in total. The van der Waals surface area contributed by atoms with Gasteiger partial charge in [-0.2, -0.15) is 0 Å². The number of nitrogens with zero attached hydrogens (tertiary/aromatic N) is 4. The molecule has 0 amide bonds. The molecule has 6 rings (SSSR count). The van der Waals surface area contributed by atoms with Crippen molar-refractivity contribution >= 4 is 33.8 Å². The van der Waals surface area contributed by atoms with E-state index in [0.29, 0.717) is 18.4 Å². The number of ether oxygens (including phenoxy) is 2. The summed E-state index contributed by atoms with van der Waals surface area (Å²) in [5.41, 5.74) is 7.83. The molecule has 0 aliphatic carbocycles. The molecule has 0 fully saturated rings. The smallest absolute Gasteiger partial charge is 0.144 e. The molecule has 1 aromatic heterocycles. The van der Waals surface area contributed by atoms with Crippen LogP contribution in [0.1, 0.15) is 57.6 Å². The largest absolute Gasteiger partial charge is 0.491 e. The van der Waals surface area contributed by atoms with E-state index in [4.69, 9.17) is 9.47 Å². The number of hydrogen-bond acceptors (Lipinski definition) is 7. The predicted molar refractivity (Wildman–Crippen MR) is 173 cm³/mol. The molecule has 2 atom stereocenters. The van der Waals surface area contributed by atoms with Crippen LogP contribution < -0.4 is 24.6 Å². The van der Waals surface area contributed by atoms with Gasteiger partial charge in [0.15, 0.2) is 0 Å². The van der Waals surface area contributed by atoms with Crippen molar-refractivity contribution in [2.75, 3.05) is 41.9 Å². The molecule has 218 valence electrons. The third-order valence-corrected chi connectivity index (χ3v) is 8.49. The Labute approximate surface area is 249 Å². The van der Waals surface area contributed by atoms with Crippen LogP contribution in [0.5, 0.6) is 17.2 Å². The lowest BCUT2D eigenvalue weighted by atomic mass is 9.90. The summed E-state index contributed by atoms with van der Waals surface area (Å²) in [5.74, 6) is 4.18. The fraction of sp³-hybridized carbons (Fsp3) is 0.371. The Hall–Kier alpha value is -4.26. The van der Waals surface area contributed by atoms with E-state index >= 15 is 0 Å². The summed E-state index contributed by atoms with van der Waals surface area (Å²) in [6, 6.07) is 16.8. The zero-order chi connectivity index (χ0) is 29.4. The van der Waals surface area contributed by atoms with Crippen LogP contribution in [0, 0.1) is 12.8 Å². The SMILES string of the molecule is CCCCN1CC(C)COc2cc3ncnc(Nc4ccc(Oc5ccc6c(c5)C(C)C(C)=CN6C)c(C)c4)c3cc21. The van der Waals surface area contributed by atoms with Crippen molar-refractivity contribution < 1.29 is 9.47 Å². The highest BCUT2D eigenvalue weighted by atomic mass is 16.5. The Balaban J connectivity index is 1.26. The number of fused-ring (bicyclic) bond motifs is 3. The van der Waals surface area contributed by atoms with Crippen LogP contribution in [0.2, 0.25) is 0 Å². The zero-order valence-corrected chi connectivity index (χ0v) is 25.6. The number of nitrogens with one attached hydrogen (secondary N) is 1. The predicted octanol–water partition coefficient (Wildman–Crippen LogP) is 8.57. The van der Waals surface area contributed by atoms with Gasteiger partial charge in [-0.05, 0) is 79.4 Å². The number of aromatic nitrogens is 2. The first-order valence-electron chi connectivity index (χ1n) is 15.1. The van der Waals surface area contributed by atoms with Crippen molar-refractivity contribution in [1.29, 1.82) is 0 Å². The molecule has 4 aromatic rings. The second kappa shape index (κ2) is 11.6. The second-order valence-corrected chi connectivity index (χ2v) is 11.9. The minimum Gasteiger partial charge on any atom is -0.491 e. The first kappa shape index (κ1) is 27.9. The highest BCUT2D eigenvalue weighted by molar-refractivity contribution is 5.95. The van der Waals surface area contributed by atoms with Crippen LogP contribution in [0.25, 0.3) is 10.9 Å². The molecular formula is C35H41N5O2. The van der Waals surface area contributed by atoms with E-state index in [2.05, 4.69) is 103 Å². The number of benzene rings is 3. The molecule has 3 heterocycles. The number of aryl methyl sites for hydroxylation is 1. The van der Waals surface area contributed by atoms with E-state index in [9.17, 15) is 0 Å².